The van der Waals surface area contributed by atoms with Gasteiger partial charge in [0, 0.05) is 18.3 Å². The third-order valence-electron chi connectivity index (χ3n) is 3.46. The number of hydrogen-bond acceptors (Lipinski definition) is 4. The summed E-state index contributed by atoms with van der Waals surface area (Å²) in [4.78, 5) is 14.1. The van der Waals surface area contributed by atoms with E-state index in [4.69, 9.17) is 4.74 Å². The number of esters is 1. The second-order valence-corrected chi connectivity index (χ2v) is 5.78. The van der Waals surface area contributed by atoms with Gasteiger partial charge in [-0.05, 0) is 64.5 Å². The van der Waals surface area contributed by atoms with Crippen LogP contribution in [0.15, 0.2) is 24.3 Å². The van der Waals surface area contributed by atoms with Crippen LogP contribution in [0.2, 0.25) is 0 Å². The van der Waals surface area contributed by atoms with Gasteiger partial charge in [-0.1, -0.05) is 0 Å². The molecule has 1 aliphatic heterocycles. The molecule has 0 saturated carbocycles. The fourth-order valence-corrected chi connectivity index (χ4v) is 2.50. The zero-order chi connectivity index (χ0) is 14.5. The molecule has 1 N–H and O–H groups in total. The zero-order valence-electron chi connectivity index (χ0n) is 12.6. The largest absolute Gasteiger partial charge is 0.459 e. The van der Waals surface area contributed by atoms with Gasteiger partial charge in [0.15, 0.2) is 0 Å². The maximum Gasteiger partial charge on any atom is 0.338 e. The Morgan fingerprint density at radius 1 is 1.35 bits per heavy atom. The molecule has 1 aromatic rings. The second-order valence-electron chi connectivity index (χ2n) is 5.78. The van der Waals surface area contributed by atoms with Gasteiger partial charge in [0.25, 0.3) is 0 Å². The molecule has 1 atom stereocenters. The standard InChI is InChI=1S/C16H24N2O2/c1-12(2)20-16(19)13-6-8-14(9-7-13)17-15-5-4-10-18(3)11-15/h6-9,12,15,17H,4-5,10-11H2,1-3H3. The van der Waals surface area contributed by atoms with Crippen molar-refractivity contribution in [2.24, 2.45) is 0 Å². The Bertz CT molecular complexity index is 442. The van der Waals surface area contributed by atoms with Crippen molar-refractivity contribution >= 4 is 11.7 Å². The first kappa shape index (κ1) is 14.9. The Morgan fingerprint density at radius 2 is 2.05 bits per heavy atom. The van der Waals surface area contributed by atoms with Gasteiger partial charge in [0.1, 0.15) is 0 Å². The molecular weight excluding hydrogens is 252 g/mol. The van der Waals surface area contributed by atoms with Crippen LogP contribution in [0.4, 0.5) is 5.69 Å². The molecule has 1 aromatic carbocycles. The molecule has 1 saturated heterocycles. The summed E-state index contributed by atoms with van der Waals surface area (Å²) >= 11 is 0. The Kier molecular flexibility index (Phi) is 5.01. The minimum absolute atomic E-state index is 0.0851. The van der Waals surface area contributed by atoms with Gasteiger partial charge in [-0.3, -0.25) is 0 Å². The predicted molar refractivity (Wildman–Crippen MR) is 81.1 cm³/mol. The fraction of sp³-hybridized carbons (Fsp3) is 0.562. The summed E-state index contributed by atoms with van der Waals surface area (Å²) in [7, 11) is 2.15. The van der Waals surface area contributed by atoms with Gasteiger partial charge in [-0.25, -0.2) is 4.79 Å². The third-order valence-corrected chi connectivity index (χ3v) is 3.46. The van der Waals surface area contributed by atoms with E-state index in [0.29, 0.717) is 11.6 Å². The zero-order valence-corrected chi connectivity index (χ0v) is 12.6. The second kappa shape index (κ2) is 6.75. The minimum atomic E-state index is -0.260. The first-order valence-electron chi connectivity index (χ1n) is 7.30. The molecule has 0 aromatic heterocycles. The number of ether oxygens (including phenoxy) is 1. The number of carbonyl (C=O) groups is 1. The summed E-state index contributed by atoms with van der Waals surface area (Å²) in [6, 6.07) is 8.03. The first-order valence-corrected chi connectivity index (χ1v) is 7.30. The van der Waals surface area contributed by atoms with Crippen molar-refractivity contribution in [3.05, 3.63) is 29.8 Å². The normalized spacial score (nSPS) is 19.9. The van der Waals surface area contributed by atoms with Crippen LogP contribution in [0, 0.1) is 0 Å². The van der Waals surface area contributed by atoms with Crippen molar-refractivity contribution in [2.75, 3.05) is 25.5 Å². The molecular formula is C16H24N2O2. The van der Waals surface area contributed by atoms with E-state index in [1.165, 1.54) is 19.4 Å². The molecule has 0 radical (unpaired) electrons. The summed E-state index contributed by atoms with van der Waals surface area (Å²) in [6.45, 7) is 5.95. The smallest absolute Gasteiger partial charge is 0.338 e. The lowest BCUT2D eigenvalue weighted by molar-refractivity contribution is 0.0378. The number of piperidine rings is 1. The van der Waals surface area contributed by atoms with Crippen LogP contribution in [0.1, 0.15) is 37.0 Å². The van der Waals surface area contributed by atoms with Crippen LogP contribution in [-0.2, 0) is 4.74 Å². The number of nitrogens with one attached hydrogen (secondary N) is 1. The van der Waals surface area contributed by atoms with Gasteiger partial charge in [0.2, 0.25) is 0 Å². The molecule has 0 aliphatic carbocycles. The number of nitrogens with zero attached hydrogens (tertiary/aromatic N) is 1. The Hall–Kier alpha value is -1.55. The van der Waals surface area contributed by atoms with E-state index in [-0.39, 0.29) is 12.1 Å². The molecule has 0 spiro atoms. The van der Waals surface area contributed by atoms with Crippen molar-refractivity contribution in [3.8, 4) is 0 Å². The lowest BCUT2D eigenvalue weighted by Gasteiger charge is -2.30. The summed E-state index contributed by atoms with van der Waals surface area (Å²) in [6.07, 6.45) is 2.34. The highest BCUT2D eigenvalue weighted by Gasteiger charge is 2.17. The summed E-state index contributed by atoms with van der Waals surface area (Å²) in [5, 5.41) is 3.52. The molecule has 2 rings (SSSR count). The van der Waals surface area contributed by atoms with Crippen molar-refractivity contribution in [2.45, 2.75) is 38.8 Å². The molecule has 0 bridgehead atoms. The molecule has 4 nitrogen and oxygen atoms in total. The van der Waals surface area contributed by atoms with Gasteiger partial charge in [0.05, 0.1) is 11.7 Å². The van der Waals surface area contributed by atoms with Crippen LogP contribution in [0.25, 0.3) is 0 Å². The van der Waals surface area contributed by atoms with E-state index in [9.17, 15) is 4.79 Å². The van der Waals surface area contributed by atoms with Gasteiger partial charge in [-0.2, -0.15) is 0 Å². The molecule has 0 amide bonds. The highest BCUT2D eigenvalue weighted by atomic mass is 16.5. The number of benzene rings is 1. The van der Waals surface area contributed by atoms with E-state index in [2.05, 4.69) is 17.3 Å². The first-order chi connectivity index (χ1) is 9.54. The minimum Gasteiger partial charge on any atom is -0.459 e. The van der Waals surface area contributed by atoms with Crippen LogP contribution in [0.5, 0.6) is 0 Å². The van der Waals surface area contributed by atoms with E-state index in [1.54, 1.807) is 0 Å². The number of rotatable bonds is 4. The average Bonchev–Trinajstić information content (AvgIpc) is 2.38. The molecule has 1 fully saturated rings. The van der Waals surface area contributed by atoms with Crippen LogP contribution < -0.4 is 5.32 Å². The van der Waals surface area contributed by atoms with E-state index in [0.717, 1.165) is 12.2 Å². The van der Waals surface area contributed by atoms with Crippen molar-refractivity contribution in [1.82, 2.24) is 4.90 Å². The van der Waals surface area contributed by atoms with E-state index >= 15 is 0 Å². The molecule has 4 heteroatoms. The molecule has 1 heterocycles. The van der Waals surface area contributed by atoms with Gasteiger partial charge < -0.3 is 15.0 Å². The fourth-order valence-electron chi connectivity index (χ4n) is 2.50. The Morgan fingerprint density at radius 3 is 2.65 bits per heavy atom. The quantitative estimate of drug-likeness (QED) is 0.859. The molecule has 1 aliphatic rings. The summed E-state index contributed by atoms with van der Waals surface area (Å²) in [5.74, 6) is -0.260. The topological polar surface area (TPSA) is 41.6 Å². The Balaban J connectivity index is 1.92. The van der Waals surface area contributed by atoms with Crippen LogP contribution in [0.3, 0.4) is 0 Å². The Labute approximate surface area is 121 Å². The highest BCUT2D eigenvalue weighted by molar-refractivity contribution is 5.89. The number of carbonyl (C=O) groups excluding carboxylic acids is 1. The average molecular weight is 276 g/mol. The van der Waals surface area contributed by atoms with Gasteiger partial charge in [-0.15, -0.1) is 0 Å². The highest BCUT2D eigenvalue weighted by Crippen LogP contribution is 2.16. The van der Waals surface area contributed by atoms with Crippen molar-refractivity contribution in [1.29, 1.82) is 0 Å². The lowest BCUT2D eigenvalue weighted by atomic mass is 10.1. The number of hydrogen-bond donors (Lipinski definition) is 1. The maximum atomic E-state index is 11.8. The summed E-state index contributed by atoms with van der Waals surface area (Å²) < 4.78 is 5.17. The van der Waals surface area contributed by atoms with E-state index < -0.39 is 0 Å². The number of likely N-dealkylation sites (tertiary alicyclic amines) is 1. The maximum absolute atomic E-state index is 11.8. The SMILES string of the molecule is CC(C)OC(=O)c1ccc(NC2CCCN(C)C2)cc1. The lowest BCUT2D eigenvalue weighted by Crippen LogP contribution is -2.39. The number of anilines is 1. The summed E-state index contributed by atoms with van der Waals surface area (Å²) in [5.41, 5.74) is 1.66. The van der Waals surface area contributed by atoms with Gasteiger partial charge >= 0.3 is 5.97 Å². The molecule has 1 unspecified atom stereocenters. The van der Waals surface area contributed by atoms with Crippen molar-refractivity contribution < 1.29 is 9.53 Å². The van der Waals surface area contributed by atoms with Crippen LogP contribution >= 0.6 is 0 Å². The van der Waals surface area contributed by atoms with Crippen molar-refractivity contribution in [3.63, 3.8) is 0 Å². The molecule has 110 valence electrons. The predicted octanol–water partition coefficient (Wildman–Crippen LogP) is 2.76. The molecule has 20 heavy (non-hydrogen) atoms. The van der Waals surface area contributed by atoms with E-state index in [1.807, 2.05) is 38.1 Å². The third kappa shape index (κ3) is 4.23. The monoisotopic (exact) mass is 276 g/mol. The number of likely N-dealkylation sites (N-methyl/N-ethyl adjacent to an activating group) is 1. The van der Waals surface area contributed by atoms with Crippen LogP contribution in [-0.4, -0.2) is 43.2 Å².